The number of H-pyrrole nitrogens is 1. The predicted octanol–water partition coefficient (Wildman–Crippen LogP) is 4.34. The van der Waals surface area contributed by atoms with Crippen molar-refractivity contribution in [3.05, 3.63) is 50.9 Å². The highest BCUT2D eigenvalue weighted by atomic mass is 79.9. The maximum Gasteiger partial charge on any atom is 0.250 e. The lowest BCUT2D eigenvalue weighted by Gasteiger charge is -2.06. The minimum Gasteiger partial charge on any atom is -0.494 e. The Kier molecular flexibility index (Phi) is 6.33. The van der Waals surface area contributed by atoms with Crippen LogP contribution in [0.25, 0.3) is 11.0 Å². The molecule has 0 atom stereocenters. The minimum atomic E-state index is -0.210. The van der Waals surface area contributed by atoms with Gasteiger partial charge in [0.2, 0.25) is 0 Å². The van der Waals surface area contributed by atoms with E-state index in [0.29, 0.717) is 10.9 Å². The lowest BCUT2D eigenvalue weighted by molar-refractivity contribution is -0.118. The van der Waals surface area contributed by atoms with Crippen LogP contribution < -0.4 is 10.2 Å². The molecule has 3 aromatic rings. The Morgan fingerprint density at radius 3 is 2.77 bits per heavy atom. The third kappa shape index (κ3) is 4.66. The summed E-state index contributed by atoms with van der Waals surface area (Å²) in [4.78, 5) is 19.5. The van der Waals surface area contributed by atoms with Gasteiger partial charge in [0, 0.05) is 0 Å². The van der Waals surface area contributed by atoms with Crippen LogP contribution >= 0.6 is 43.6 Å². The van der Waals surface area contributed by atoms with Crippen LogP contribution in [0.3, 0.4) is 0 Å². The molecule has 2 N–H and O–H groups in total. The first-order valence-corrected chi connectivity index (χ1v) is 10.1. The zero-order chi connectivity index (χ0) is 18.5. The van der Waals surface area contributed by atoms with Crippen LogP contribution in [0.5, 0.6) is 5.75 Å². The smallest absolute Gasteiger partial charge is 0.250 e. The van der Waals surface area contributed by atoms with Crippen molar-refractivity contribution in [3.63, 3.8) is 0 Å². The van der Waals surface area contributed by atoms with Crippen molar-refractivity contribution in [3.8, 4) is 5.75 Å². The fraction of sp³-hybridized carbons (Fsp3) is 0.118. The number of para-hydroxylation sites is 2. The SMILES string of the molecule is COc1c(Br)cc(/C=N\NC(=O)CSc2nc3ccccc3[nH]2)cc1Br. The van der Waals surface area contributed by atoms with Crippen molar-refractivity contribution in [2.45, 2.75) is 5.16 Å². The number of thioether (sulfide) groups is 1. The number of aromatic nitrogens is 2. The molecule has 134 valence electrons. The number of hydrazone groups is 1. The summed E-state index contributed by atoms with van der Waals surface area (Å²) in [5, 5.41) is 4.69. The molecule has 6 nitrogen and oxygen atoms in total. The second kappa shape index (κ2) is 8.70. The van der Waals surface area contributed by atoms with Gasteiger partial charge in [0.25, 0.3) is 5.91 Å². The topological polar surface area (TPSA) is 79.4 Å². The van der Waals surface area contributed by atoms with E-state index in [4.69, 9.17) is 4.74 Å². The number of hydrogen-bond acceptors (Lipinski definition) is 5. The molecule has 0 aliphatic heterocycles. The zero-order valence-corrected chi connectivity index (χ0v) is 17.6. The summed E-state index contributed by atoms with van der Waals surface area (Å²) in [6, 6.07) is 11.4. The van der Waals surface area contributed by atoms with Crippen LogP contribution in [0.2, 0.25) is 0 Å². The van der Waals surface area contributed by atoms with Gasteiger partial charge in [-0.05, 0) is 61.7 Å². The van der Waals surface area contributed by atoms with Gasteiger partial charge < -0.3 is 9.72 Å². The van der Waals surface area contributed by atoms with E-state index in [2.05, 4.69) is 52.4 Å². The highest BCUT2D eigenvalue weighted by Crippen LogP contribution is 2.33. The molecule has 0 saturated heterocycles. The van der Waals surface area contributed by atoms with Crippen LogP contribution in [-0.4, -0.2) is 35.0 Å². The molecule has 0 bridgehead atoms. The molecule has 1 amide bonds. The minimum absolute atomic E-state index is 0.210. The number of nitrogens with one attached hydrogen (secondary N) is 2. The normalized spacial score (nSPS) is 11.2. The zero-order valence-electron chi connectivity index (χ0n) is 13.6. The molecule has 0 radical (unpaired) electrons. The van der Waals surface area contributed by atoms with Gasteiger partial charge in [-0.2, -0.15) is 5.10 Å². The van der Waals surface area contributed by atoms with Gasteiger partial charge in [-0.25, -0.2) is 10.4 Å². The highest BCUT2D eigenvalue weighted by Gasteiger charge is 2.08. The molecule has 0 unspecified atom stereocenters. The summed E-state index contributed by atoms with van der Waals surface area (Å²) in [5.41, 5.74) is 5.15. The summed E-state index contributed by atoms with van der Waals surface area (Å²) < 4.78 is 6.84. The number of benzene rings is 2. The average Bonchev–Trinajstić information content (AvgIpc) is 3.03. The molecule has 1 heterocycles. The number of fused-ring (bicyclic) bond motifs is 1. The van der Waals surface area contributed by atoms with Crippen LogP contribution in [0.1, 0.15) is 5.56 Å². The number of aromatic amines is 1. The summed E-state index contributed by atoms with van der Waals surface area (Å²) in [6.07, 6.45) is 1.57. The molecule has 0 aliphatic rings. The Balaban J connectivity index is 1.54. The standard InChI is InChI=1S/C17H14Br2N4O2S/c1-25-16-11(18)6-10(7-12(16)19)8-20-23-15(24)9-26-17-21-13-4-2-3-5-14(13)22-17/h2-8H,9H2,1H3,(H,21,22)(H,23,24)/b20-8-. The second-order valence-corrected chi connectivity index (χ2v) is 7.83. The molecular weight excluding hydrogens is 484 g/mol. The van der Waals surface area contributed by atoms with Crippen LogP contribution in [0.15, 0.2) is 55.6 Å². The van der Waals surface area contributed by atoms with Gasteiger partial charge in [0.05, 0.1) is 39.1 Å². The van der Waals surface area contributed by atoms with E-state index in [9.17, 15) is 4.79 Å². The van der Waals surface area contributed by atoms with E-state index in [1.807, 2.05) is 36.4 Å². The first kappa shape index (κ1) is 18.9. The van der Waals surface area contributed by atoms with Gasteiger partial charge in [-0.1, -0.05) is 23.9 Å². The third-order valence-electron chi connectivity index (χ3n) is 3.34. The number of rotatable bonds is 6. The molecular formula is C17H14Br2N4O2S. The van der Waals surface area contributed by atoms with Crippen molar-refractivity contribution in [1.29, 1.82) is 0 Å². The maximum atomic E-state index is 11.9. The lowest BCUT2D eigenvalue weighted by Crippen LogP contribution is -2.19. The van der Waals surface area contributed by atoms with Crippen molar-refractivity contribution < 1.29 is 9.53 Å². The summed E-state index contributed by atoms with van der Waals surface area (Å²) >= 11 is 8.18. The van der Waals surface area contributed by atoms with E-state index in [-0.39, 0.29) is 11.7 Å². The Bertz CT molecular complexity index is 918. The highest BCUT2D eigenvalue weighted by molar-refractivity contribution is 9.11. The van der Waals surface area contributed by atoms with Gasteiger partial charge in [0.1, 0.15) is 5.75 Å². The maximum absolute atomic E-state index is 11.9. The number of methoxy groups -OCH3 is 1. The van der Waals surface area contributed by atoms with Crippen molar-refractivity contribution >= 4 is 66.8 Å². The molecule has 3 rings (SSSR count). The average molecular weight is 498 g/mol. The predicted molar refractivity (Wildman–Crippen MR) is 111 cm³/mol. The van der Waals surface area contributed by atoms with Crippen LogP contribution in [-0.2, 0) is 4.79 Å². The van der Waals surface area contributed by atoms with E-state index < -0.39 is 0 Å². The Hall–Kier alpha value is -1.84. The largest absolute Gasteiger partial charge is 0.494 e. The van der Waals surface area contributed by atoms with Gasteiger partial charge >= 0.3 is 0 Å². The molecule has 9 heteroatoms. The number of imidazole rings is 1. The summed E-state index contributed by atoms with van der Waals surface area (Å²) in [5.74, 6) is 0.708. The number of carbonyl (C=O) groups is 1. The summed E-state index contributed by atoms with van der Waals surface area (Å²) in [6.45, 7) is 0. The van der Waals surface area contributed by atoms with E-state index in [1.165, 1.54) is 11.8 Å². The monoisotopic (exact) mass is 496 g/mol. The van der Waals surface area contributed by atoms with Gasteiger partial charge in [0.15, 0.2) is 5.16 Å². The fourth-order valence-corrected chi connectivity index (χ4v) is 4.41. The quantitative estimate of drug-likeness (QED) is 0.301. The molecule has 0 spiro atoms. The molecule has 0 saturated carbocycles. The molecule has 2 aromatic carbocycles. The first-order chi connectivity index (χ1) is 12.6. The van der Waals surface area contributed by atoms with Gasteiger partial charge in [-0.3, -0.25) is 4.79 Å². The Morgan fingerprint density at radius 2 is 2.08 bits per heavy atom. The van der Waals surface area contributed by atoms with E-state index in [1.54, 1.807) is 13.3 Å². The van der Waals surface area contributed by atoms with Crippen molar-refractivity contribution in [2.24, 2.45) is 5.10 Å². The third-order valence-corrected chi connectivity index (χ3v) is 5.39. The number of ether oxygens (including phenoxy) is 1. The van der Waals surface area contributed by atoms with Crippen molar-refractivity contribution in [1.82, 2.24) is 15.4 Å². The van der Waals surface area contributed by atoms with Gasteiger partial charge in [-0.15, -0.1) is 0 Å². The lowest BCUT2D eigenvalue weighted by atomic mass is 10.2. The van der Waals surface area contributed by atoms with Crippen LogP contribution in [0.4, 0.5) is 0 Å². The first-order valence-electron chi connectivity index (χ1n) is 7.49. The number of nitrogens with zero attached hydrogens (tertiary/aromatic N) is 2. The summed E-state index contributed by atoms with van der Waals surface area (Å²) in [7, 11) is 1.60. The molecule has 0 aliphatic carbocycles. The van der Waals surface area contributed by atoms with E-state index in [0.717, 1.165) is 25.5 Å². The Morgan fingerprint density at radius 1 is 1.35 bits per heavy atom. The second-order valence-electron chi connectivity index (χ2n) is 5.16. The number of hydrogen-bond donors (Lipinski definition) is 2. The van der Waals surface area contributed by atoms with Crippen LogP contribution in [0, 0.1) is 0 Å². The number of carbonyl (C=O) groups excluding carboxylic acids is 1. The molecule has 1 aromatic heterocycles. The van der Waals surface area contributed by atoms with Crippen molar-refractivity contribution in [2.75, 3.05) is 12.9 Å². The van der Waals surface area contributed by atoms with E-state index >= 15 is 0 Å². The number of halogens is 2. The Labute approximate surface area is 171 Å². The molecule has 26 heavy (non-hydrogen) atoms. The fourth-order valence-electron chi connectivity index (χ4n) is 2.19. The number of amides is 1. The molecule has 0 fully saturated rings.